The van der Waals surface area contributed by atoms with Gasteiger partial charge in [0.1, 0.15) is 5.82 Å². The van der Waals surface area contributed by atoms with Crippen molar-refractivity contribution in [1.82, 2.24) is 0 Å². The Balaban J connectivity index is 3.02. The zero-order chi connectivity index (χ0) is 10.7. The minimum Gasteiger partial charge on any atom is -0.469 e. The van der Waals surface area contributed by atoms with Gasteiger partial charge in [-0.3, -0.25) is 4.79 Å². The number of aryl methyl sites for hydroxylation is 1. The minimum atomic E-state index is -0.505. The summed E-state index contributed by atoms with van der Waals surface area (Å²) < 4.78 is 17.7. The van der Waals surface area contributed by atoms with Crippen LogP contribution in [0.15, 0.2) is 12.1 Å². The minimum absolute atomic E-state index is 0.137. The lowest BCUT2D eigenvalue weighted by Crippen LogP contribution is -2.07. The van der Waals surface area contributed by atoms with Gasteiger partial charge in [0, 0.05) is 10.6 Å². The number of carbonyl (C=O) groups is 1. The van der Waals surface area contributed by atoms with Crippen LogP contribution in [0.1, 0.15) is 11.1 Å². The summed E-state index contributed by atoms with van der Waals surface area (Å²) in [7, 11) is 1.25. The molecule has 0 aliphatic carbocycles. The van der Waals surface area contributed by atoms with Crippen LogP contribution in [0.25, 0.3) is 0 Å². The molecule has 76 valence electrons. The Labute approximate surface area is 86.6 Å². The third-order valence-corrected chi connectivity index (χ3v) is 2.17. The summed E-state index contributed by atoms with van der Waals surface area (Å²) in [5, 5.41) is 0.257. The van der Waals surface area contributed by atoms with Crippen LogP contribution >= 0.6 is 11.6 Å². The van der Waals surface area contributed by atoms with Gasteiger partial charge in [0.05, 0.1) is 13.5 Å². The Morgan fingerprint density at radius 1 is 1.57 bits per heavy atom. The first-order valence-electron chi connectivity index (χ1n) is 4.06. The molecule has 14 heavy (non-hydrogen) atoms. The molecule has 0 unspecified atom stereocenters. The molecule has 0 radical (unpaired) electrons. The first kappa shape index (κ1) is 11.0. The second-order valence-corrected chi connectivity index (χ2v) is 3.37. The van der Waals surface area contributed by atoms with E-state index in [-0.39, 0.29) is 17.0 Å². The zero-order valence-corrected chi connectivity index (χ0v) is 8.69. The van der Waals surface area contributed by atoms with Crippen molar-refractivity contribution in [3.63, 3.8) is 0 Å². The van der Waals surface area contributed by atoms with Crippen molar-refractivity contribution in [2.24, 2.45) is 0 Å². The van der Waals surface area contributed by atoms with E-state index in [9.17, 15) is 9.18 Å². The van der Waals surface area contributed by atoms with Crippen LogP contribution in [-0.2, 0) is 16.0 Å². The molecule has 0 N–H and O–H groups in total. The molecular formula is C10H10ClFO2. The number of hydrogen-bond acceptors (Lipinski definition) is 2. The maximum Gasteiger partial charge on any atom is 0.310 e. The third-order valence-electron chi connectivity index (χ3n) is 1.83. The van der Waals surface area contributed by atoms with Crippen LogP contribution < -0.4 is 0 Å². The summed E-state index contributed by atoms with van der Waals surface area (Å²) in [5.41, 5.74) is 0.908. The summed E-state index contributed by atoms with van der Waals surface area (Å²) in [6, 6.07) is 2.95. The SMILES string of the molecule is COC(=O)Cc1c(F)cc(C)cc1Cl. The highest BCUT2D eigenvalue weighted by atomic mass is 35.5. The summed E-state index contributed by atoms with van der Waals surface area (Å²) in [4.78, 5) is 10.9. The predicted molar refractivity (Wildman–Crippen MR) is 51.9 cm³/mol. The monoisotopic (exact) mass is 216 g/mol. The molecule has 0 heterocycles. The standard InChI is InChI=1S/C10H10ClFO2/c1-6-3-8(11)7(9(12)4-6)5-10(13)14-2/h3-4H,5H2,1-2H3. The van der Waals surface area contributed by atoms with Crippen molar-refractivity contribution in [2.45, 2.75) is 13.3 Å². The van der Waals surface area contributed by atoms with Gasteiger partial charge in [0.25, 0.3) is 0 Å². The quantitative estimate of drug-likeness (QED) is 0.710. The highest BCUT2D eigenvalue weighted by molar-refractivity contribution is 6.31. The lowest BCUT2D eigenvalue weighted by molar-refractivity contribution is -0.139. The van der Waals surface area contributed by atoms with E-state index in [1.807, 2.05) is 0 Å². The fourth-order valence-electron chi connectivity index (χ4n) is 1.12. The van der Waals surface area contributed by atoms with Crippen LogP contribution in [0.2, 0.25) is 5.02 Å². The van der Waals surface area contributed by atoms with Gasteiger partial charge in [-0.25, -0.2) is 4.39 Å². The molecule has 0 spiro atoms. The average molecular weight is 217 g/mol. The van der Waals surface area contributed by atoms with Crippen molar-refractivity contribution >= 4 is 17.6 Å². The molecule has 0 saturated carbocycles. The molecule has 0 atom stereocenters. The summed E-state index contributed by atoms with van der Waals surface area (Å²) in [6.45, 7) is 1.73. The average Bonchev–Trinajstić information content (AvgIpc) is 2.10. The van der Waals surface area contributed by atoms with Crippen LogP contribution in [-0.4, -0.2) is 13.1 Å². The number of halogens is 2. The highest BCUT2D eigenvalue weighted by Gasteiger charge is 2.12. The largest absolute Gasteiger partial charge is 0.469 e. The number of ether oxygens (including phenoxy) is 1. The third kappa shape index (κ3) is 2.45. The molecule has 0 aliphatic heterocycles. The Morgan fingerprint density at radius 3 is 2.71 bits per heavy atom. The Bertz CT molecular complexity index is 340. The van der Waals surface area contributed by atoms with Crippen LogP contribution in [0.3, 0.4) is 0 Å². The molecule has 0 fully saturated rings. The molecule has 2 nitrogen and oxygen atoms in total. The Morgan fingerprint density at radius 2 is 2.21 bits per heavy atom. The highest BCUT2D eigenvalue weighted by Crippen LogP contribution is 2.22. The second kappa shape index (κ2) is 4.42. The second-order valence-electron chi connectivity index (χ2n) is 2.96. The molecule has 0 saturated heterocycles. The maximum atomic E-state index is 13.3. The van der Waals surface area contributed by atoms with E-state index in [0.29, 0.717) is 0 Å². The van der Waals surface area contributed by atoms with Crippen LogP contribution in [0, 0.1) is 12.7 Å². The molecule has 1 aromatic rings. The lowest BCUT2D eigenvalue weighted by atomic mass is 10.1. The smallest absolute Gasteiger partial charge is 0.310 e. The maximum absolute atomic E-state index is 13.3. The zero-order valence-electron chi connectivity index (χ0n) is 7.93. The molecule has 1 rings (SSSR count). The van der Waals surface area contributed by atoms with E-state index in [1.54, 1.807) is 13.0 Å². The predicted octanol–water partition coefficient (Wildman–Crippen LogP) is 2.50. The van der Waals surface area contributed by atoms with Crippen molar-refractivity contribution in [3.8, 4) is 0 Å². The Kier molecular flexibility index (Phi) is 3.47. The van der Waals surface area contributed by atoms with Gasteiger partial charge in [-0.1, -0.05) is 11.6 Å². The lowest BCUT2D eigenvalue weighted by Gasteiger charge is -2.05. The van der Waals surface area contributed by atoms with E-state index in [0.717, 1.165) is 5.56 Å². The van der Waals surface area contributed by atoms with Crippen molar-refractivity contribution in [1.29, 1.82) is 0 Å². The van der Waals surface area contributed by atoms with Gasteiger partial charge in [0.15, 0.2) is 0 Å². The molecule has 0 amide bonds. The molecule has 1 aromatic carbocycles. The number of carbonyl (C=O) groups excluding carboxylic acids is 1. The Hall–Kier alpha value is -1.09. The number of rotatable bonds is 2. The summed E-state index contributed by atoms with van der Waals surface area (Å²) in [5.74, 6) is -0.977. The number of methoxy groups -OCH3 is 1. The van der Waals surface area contributed by atoms with Gasteiger partial charge in [-0.05, 0) is 24.6 Å². The number of benzene rings is 1. The van der Waals surface area contributed by atoms with Gasteiger partial charge in [-0.2, -0.15) is 0 Å². The first-order chi connectivity index (χ1) is 6.54. The number of hydrogen-bond donors (Lipinski definition) is 0. The van der Waals surface area contributed by atoms with E-state index in [1.165, 1.54) is 13.2 Å². The van der Waals surface area contributed by atoms with E-state index in [4.69, 9.17) is 11.6 Å². The van der Waals surface area contributed by atoms with Gasteiger partial charge in [0.2, 0.25) is 0 Å². The van der Waals surface area contributed by atoms with Crippen molar-refractivity contribution in [2.75, 3.05) is 7.11 Å². The van der Waals surface area contributed by atoms with Crippen molar-refractivity contribution in [3.05, 3.63) is 34.1 Å². The van der Waals surface area contributed by atoms with E-state index >= 15 is 0 Å². The number of esters is 1. The van der Waals surface area contributed by atoms with Crippen molar-refractivity contribution < 1.29 is 13.9 Å². The van der Waals surface area contributed by atoms with E-state index in [2.05, 4.69) is 4.74 Å². The van der Waals surface area contributed by atoms with Gasteiger partial charge < -0.3 is 4.74 Å². The fourth-order valence-corrected chi connectivity index (χ4v) is 1.44. The van der Waals surface area contributed by atoms with Gasteiger partial charge >= 0.3 is 5.97 Å². The molecular weight excluding hydrogens is 207 g/mol. The molecule has 0 aromatic heterocycles. The normalized spacial score (nSPS) is 10.0. The summed E-state index contributed by atoms with van der Waals surface area (Å²) >= 11 is 5.79. The topological polar surface area (TPSA) is 26.3 Å². The van der Waals surface area contributed by atoms with Crippen LogP contribution in [0.4, 0.5) is 4.39 Å². The van der Waals surface area contributed by atoms with E-state index < -0.39 is 11.8 Å². The van der Waals surface area contributed by atoms with Crippen LogP contribution in [0.5, 0.6) is 0 Å². The molecule has 0 aliphatic rings. The molecule has 0 bridgehead atoms. The first-order valence-corrected chi connectivity index (χ1v) is 4.43. The fraction of sp³-hybridized carbons (Fsp3) is 0.300. The van der Waals surface area contributed by atoms with Gasteiger partial charge in [-0.15, -0.1) is 0 Å². The molecule has 4 heteroatoms. The summed E-state index contributed by atoms with van der Waals surface area (Å²) in [6.07, 6.45) is -0.137.